The highest BCUT2D eigenvalue weighted by Gasteiger charge is 2.18. The van der Waals surface area contributed by atoms with Gasteiger partial charge in [0, 0.05) is 25.7 Å². The Labute approximate surface area is 296 Å². The lowest BCUT2D eigenvalue weighted by Gasteiger charge is -2.24. The SMILES string of the molecule is CCCCCCCCCCCCCCCC(=O)CC(C)CC(C)OC(C)CC(C)CC(=O)CCCCCCCCCCCCCCC. The van der Waals surface area contributed by atoms with Crippen LogP contribution in [-0.2, 0) is 14.3 Å². The fourth-order valence-electron chi connectivity index (χ4n) is 7.47. The Morgan fingerprint density at radius 3 is 0.872 bits per heavy atom. The molecule has 0 amide bonds. The van der Waals surface area contributed by atoms with Gasteiger partial charge in [0.1, 0.15) is 11.6 Å². The molecule has 0 aromatic carbocycles. The average molecular weight is 663 g/mol. The summed E-state index contributed by atoms with van der Waals surface area (Å²) < 4.78 is 6.30. The number of hydrogen-bond donors (Lipinski definition) is 0. The molecule has 0 rings (SSSR count). The standard InChI is InChI=1S/C44H86O3/c1-7-9-11-13-15-17-19-21-23-25-27-29-31-33-43(45)37-39(3)35-41(5)47-42(6)36-40(4)38-44(46)34-32-30-28-26-24-22-20-18-16-14-12-10-8-2/h39-42H,7-38H2,1-6H3. The van der Waals surface area contributed by atoms with Crippen LogP contribution in [0.4, 0.5) is 0 Å². The minimum absolute atomic E-state index is 0.151. The van der Waals surface area contributed by atoms with Gasteiger partial charge in [0.25, 0.3) is 0 Å². The van der Waals surface area contributed by atoms with Crippen LogP contribution in [0.25, 0.3) is 0 Å². The summed E-state index contributed by atoms with van der Waals surface area (Å²) in [7, 11) is 0. The molecule has 0 aliphatic heterocycles. The fraction of sp³-hybridized carbons (Fsp3) is 0.955. The van der Waals surface area contributed by atoms with Gasteiger partial charge in [0.15, 0.2) is 0 Å². The van der Waals surface area contributed by atoms with E-state index in [9.17, 15) is 9.59 Å². The van der Waals surface area contributed by atoms with Crippen molar-refractivity contribution < 1.29 is 14.3 Å². The number of ketones is 2. The lowest BCUT2D eigenvalue weighted by Crippen LogP contribution is -2.22. The molecule has 0 N–H and O–H groups in total. The summed E-state index contributed by atoms with van der Waals surface area (Å²) in [4.78, 5) is 25.1. The van der Waals surface area contributed by atoms with Crippen molar-refractivity contribution >= 4 is 11.6 Å². The molecule has 0 fully saturated rings. The van der Waals surface area contributed by atoms with Gasteiger partial charge in [0.2, 0.25) is 0 Å². The number of rotatable bonds is 38. The van der Waals surface area contributed by atoms with E-state index in [-0.39, 0.29) is 12.2 Å². The third kappa shape index (κ3) is 34.9. The van der Waals surface area contributed by atoms with E-state index >= 15 is 0 Å². The maximum atomic E-state index is 12.5. The van der Waals surface area contributed by atoms with Crippen LogP contribution in [0.15, 0.2) is 0 Å². The first-order valence-electron chi connectivity index (χ1n) is 21.5. The molecule has 3 nitrogen and oxygen atoms in total. The van der Waals surface area contributed by atoms with Gasteiger partial charge < -0.3 is 4.74 Å². The molecule has 0 spiro atoms. The van der Waals surface area contributed by atoms with Gasteiger partial charge in [-0.3, -0.25) is 9.59 Å². The van der Waals surface area contributed by atoms with Crippen molar-refractivity contribution in [3.05, 3.63) is 0 Å². The second kappa shape index (κ2) is 35.1. The first-order chi connectivity index (χ1) is 22.8. The molecular formula is C44H86O3. The largest absolute Gasteiger partial charge is 0.376 e. The zero-order chi connectivity index (χ0) is 34.8. The molecule has 0 aliphatic rings. The van der Waals surface area contributed by atoms with Gasteiger partial charge in [-0.15, -0.1) is 0 Å². The van der Waals surface area contributed by atoms with Gasteiger partial charge in [-0.2, -0.15) is 0 Å². The highest BCUT2D eigenvalue weighted by atomic mass is 16.5. The molecule has 0 heterocycles. The smallest absolute Gasteiger partial charge is 0.133 e. The van der Waals surface area contributed by atoms with Gasteiger partial charge >= 0.3 is 0 Å². The number of Topliss-reactive ketones (excluding diaryl/α,β-unsaturated/α-hetero) is 2. The predicted molar refractivity (Wildman–Crippen MR) is 207 cm³/mol. The normalized spacial score (nSPS) is 14.3. The van der Waals surface area contributed by atoms with Gasteiger partial charge in [-0.1, -0.05) is 182 Å². The summed E-state index contributed by atoms with van der Waals surface area (Å²) in [5, 5.41) is 0. The third-order valence-corrected chi connectivity index (χ3v) is 10.2. The molecule has 47 heavy (non-hydrogen) atoms. The molecule has 0 saturated carbocycles. The summed E-state index contributed by atoms with van der Waals surface area (Å²) >= 11 is 0. The third-order valence-electron chi connectivity index (χ3n) is 10.2. The lowest BCUT2D eigenvalue weighted by molar-refractivity contribution is -0.120. The zero-order valence-electron chi connectivity index (χ0n) is 33.2. The van der Waals surface area contributed by atoms with Crippen LogP contribution in [0.2, 0.25) is 0 Å². The maximum Gasteiger partial charge on any atom is 0.133 e. The molecule has 0 aromatic rings. The quantitative estimate of drug-likeness (QED) is 0.0618. The Kier molecular flexibility index (Phi) is 34.6. The molecule has 280 valence electrons. The van der Waals surface area contributed by atoms with E-state index in [0.29, 0.717) is 36.2 Å². The van der Waals surface area contributed by atoms with Crippen LogP contribution in [0.1, 0.15) is 247 Å². The van der Waals surface area contributed by atoms with Crippen LogP contribution in [0.3, 0.4) is 0 Å². The highest BCUT2D eigenvalue weighted by molar-refractivity contribution is 5.78. The first kappa shape index (κ1) is 46.3. The summed E-state index contributed by atoms with van der Waals surface area (Å²) in [6, 6.07) is 0. The Balaban J connectivity index is 3.71. The molecule has 0 radical (unpaired) electrons. The van der Waals surface area contributed by atoms with E-state index < -0.39 is 0 Å². The van der Waals surface area contributed by atoms with E-state index in [4.69, 9.17) is 4.74 Å². The number of carbonyl (C=O) groups is 2. The highest BCUT2D eigenvalue weighted by Crippen LogP contribution is 2.21. The van der Waals surface area contributed by atoms with Gasteiger partial charge in [-0.05, 0) is 51.4 Å². The minimum atomic E-state index is 0.151. The molecule has 0 saturated heterocycles. The summed E-state index contributed by atoms with van der Waals surface area (Å²) in [5.41, 5.74) is 0. The Morgan fingerprint density at radius 2 is 0.617 bits per heavy atom. The first-order valence-corrected chi connectivity index (χ1v) is 21.5. The van der Waals surface area contributed by atoms with Crippen LogP contribution in [-0.4, -0.2) is 23.8 Å². The van der Waals surface area contributed by atoms with Crippen LogP contribution in [0.5, 0.6) is 0 Å². The molecule has 0 aromatic heterocycles. The minimum Gasteiger partial charge on any atom is -0.376 e. The van der Waals surface area contributed by atoms with E-state index in [1.54, 1.807) is 0 Å². The van der Waals surface area contributed by atoms with Gasteiger partial charge in [0.05, 0.1) is 12.2 Å². The van der Waals surface area contributed by atoms with Crippen molar-refractivity contribution in [2.24, 2.45) is 11.8 Å². The number of hydrogen-bond acceptors (Lipinski definition) is 3. The predicted octanol–water partition coefficient (Wildman–Crippen LogP) is 14.7. The monoisotopic (exact) mass is 663 g/mol. The van der Waals surface area contributed by atoms with Crippen molar-refractivity contribution in [1.82, 2.24) is 0 Å². The molecule has 0 bridgehead atoms. The van der Waals surface area contributed by atoms with Crippen LogP contribution < -0.4 is 0 Å². The summed E-state index contributed by atoms with van der Waals surface area (Å²) in [6.07, 6.45) is 39.9. The number of carbonyl (C=O) groups excluding carboxylic acids is 2. The molecule has 4 atom stereocenters. The van der Waals surface area contributed by atoms with Crippen molar-refractivity contribution in [2.45, 2.75) is 259 Å². The fourth-order valence-corrected chi connectivity index (χ4v) is 7.47. The van der Waals surface area contributed by atoms with Crippen molar-refractivity contribution in [3.8, 4) is 0 Å². The Morgan fingerprint density at radius 1 is 0.383 bits per heavy atom. The van der Waals surface area contributed by atoms with E-state index in [1.165, 1.54) is 154 Å². The molecule has 0 aliphatic carbocycles. The van der Waals surface area contributed by atoms with Crippen LogP contribution in [0, 0.1) is 11.8 Å². The maximum absolute atomic E-state index is 12.5. The average Bonchev–Trinajstić information content (AvgIpc) is 3.01. The van der Waals surface area contributed by atoms with Crippen molar-refractivity contribution in [2.75, 3.05) is 0 Å². The topological polar surface area (TPSA) is 43.4 Å². The lowest BCUT2D eigenvalue weighted by atomic mass is 9.94. The van der Waals surface area contributed by atoms with E-state index in [2.05, 4.69) is 41.5 Å². The molecular weight excluding hydrogens is 576 g/mol. The number of ether oxygens (including phenoxy) is 1. The van der Waals surface area contributed by atoms with Crippen molar-refractivity contribution in [1.29, 1.82) is 0 Å². The summed E-state index contributed by atoms with van der Waals surface area (Å²) in [6.45, 7) is 13.3. The second-order valence-electron chi connectivity index (χ2n) is 15.9. The molecule has 3 heteroatoms. The van der Waals surface area contributed by atoms with E-state index in [0.717, 1.165) is 38.5 Å². The second-order valence-corrected chi connectivity index (χ2v) is 15.9. The Bertz CT molecular complexity index is 617. The summed E-state index contributed by atoms with van der Waals surface area (Å²) in [5.74, 6) is 1.59. The van der Waals surface area contributed by atoms with Crippen LogP contribution >= 0.6 is 0 Å². The number of unbranched alkanes of at least 4 members (excludes halogenated alkanes) is 24. The van der Waals surface area contributed by atoms with Gasteiger partial charge in [-0.25, -0.2) is 0 Å². The Hall–Kier alpha value is -0.700. The van der Waals surface area contributed by atoms with Crippen molar-refractivity contribution in [3.63, 3.8) is 0 Å². The zero-order valence-corrected chi connectivity index (χ0v) is 33.2. The van der Waals surface area contributed by atoms with E-state index in [1.807, 2.05) is 0 Å². The molecule has 4 unspecified atom stereocenters.